The molecule has 138 valence electrons. The lowest BCUT2D eigenvalue weighted by molar-refractivity contribution is -0.160. The standard InChI is InChI=1S/C20H18N2O3S2/c23-18(25-19(24)15-8-5-11-21-15)12-13-6-1-3-9-16(13)26-20-22-14-7-2-4-10-17(14)27-20/h1-4,6-7,9-10,15,21H,5,8,11-12H2/t15-/m0/s1. The monoisotopic (exact) mass is 398 g/mol. The van der Waals surface area contributed by atoms with Crippen LogP contribution >= 0.6 is 23.1 Å². The molecule has 0 saturated carbocycles. The van der Waals surface area contributed by atoms with Gasteiger partial charge in [0.25, 0.3) is 0 Å². The summed E-state index contributed by atoms with van der Waals surface area (Å²) in [7, 11) is 0. The van der Waals surface area contributed by atoms with Crippen LogP contribution in [0.5, 0.6) is 0 Å². The molecular formula is C20H18N2O3S2. The van der Waals surface area contributed by atoms with Crippen LogP contribution < -0.4 is 5.32 Å². The molecule has 3 aromatic rings. The fourth-order valence-electron chi connectivity index (χ4n) is 3.00. The van der Waals surface area contributed by atoms with Gasteiger partial charge in [0.1, 0.15) is 6.04 Å². The lowest BCUT2D eigenvalue weighted by atomic mass is 10.1. The molecule has 0 aliphatic carbocycles. The van der Waals surface area contributed by atoms with Crippen LogP contribution in [-0.4, -0.2) is 29.5 Å². The number of carbonyl (C=O) groups excluding carboxylic acids is 2. The van der Waals surface area contributed by atoms with E-state index in [-0.39, 0.29) is 12.5 Å². The second-order valence-electron chi connectivity index (χ2n) is 6.28. The highest BCUT2D eigenvalue weighted by Gasteiger charge is 2.25. The molecule has 1 aromatic heterocycles. The fourth-order valence-corrected chi connectivity index (χ4v) is 5.15. The third kappa shape index (κ3) is 4.37. The molecule has 1 aliphatic rings. The van der Waals surface area contributed by atoms with E-state index in [1.165, 1.54) is 11.8 Å². The van der Waals surface area contributed by atoms with Gasteiger partial charge in [0.2, 0.25) is 0 Å². The number of hydrogen-bond acceptors (Lipinski definition) is 7. The van der Waals surface area contributed by atoms with Crippen molar-refractivity contribution >= 4 is 45.3 Å². The summed E-state index contributed by atoms with van der Waals surface area (Å²) in [6, 6.07) is 15.3. The summed E-state index contributed by atoms with van der Waals surface area (Å²) in [6.45, 7) is 0.787. The van der Waals surface area contributed by atoms with Crippen LogP contribution in [0.3, 0.4) is 0 Å². The Kier molecular flexibility index (Phi) is 5.52. The minimum absolute atomic E-state index is 0.0620. The number of hydrogen-bond donors (Lipinski definition) is 1. The van der Waals surface area contributed by atoms with Crippen molar-refractivity contribution in [2.45, 2.75) is 34.5 Å². The molecule has 1 N–H and O–H groups in total. The number of nitrogens with one attached hydrogen (secondary N) is 1. The number of aromatic nitrogens is 1. The Bertz CT molecular complexity index is 947. The summed E-state index contributed by atoms with van der Waals surface area (Å²) in [4.78, 5) is 29.8. The first-order chi connectivity index (χ1) is 13.2. The van der Waals surface area contributed by atoms with Crippen LogP contribution in [0.2, 0.25) is 0 Å². The Hall–Kier alpha value is -2.22. The Morgan fingerprint density at radius 3 is 2.81 bits per heavy atom. The maximum atomic E-state index is 12.2. The largest absolute Gasteiger partial charge is 0.392 e. The van der Waals surface area contributed by atoms with Gasteiger partial charge in [-0.3, -0.25) is 4.79 Å². The molecule has 27 heavy (non-hydrogen) atoms. The molecule has 1 fully saturated rings. The fraction of sp³-hybridized carbons (Fsp3) is 0.250. The number of esters is 2. The number of thiazole rings is 1. The minimum atomic E-state index is -0.522. The maximum absolute atomic E-state index is 12.2. The molecule has 0 radical (unpaired) electrons. The summed E-state index contributed by atoms with van der Waals surface area (Å²) in [5.74, 6) is -1.00. The lowest BCUT2D eigenvalue weighted by Crippen LogP contribution is -2.34. The maximum Gasteiger partial charge on any atom is 0.330 e. The zero-order valence-corrected chi connectivity index (χ0v) is 16.1. The predicted octanol–water partition coefficient (Wildman–Crippen LogP) is 3.81. The molecule has 4 rings (SSSR count). The van der Waals surface area contributed by atoms with Crippen LogP contribution in [0.15, 0.2) is 57.8 Å². The third-order valence-electron chi connectivity index (χ3n) is 4.34. The highest BCUT2D eigenvalue weighted by molar-refractivity contribution is 8.01. The molecule has 1 atom stereocenters. The van der Waals surface area contributed by atoms with E-state index in [1.54, 1.807) is 11.3 Å². The first-order valence-corrected chi connectivity index (χ1v) is 10.4. The summed E-state index contributed by atoms with van der Waals surface area (Å²) >= 11 is 3.15. The first kappa shape index (κ1) is 18.2. The van der Waals surface area contributed by atoms with E-state index in [2.05, 4.69) is 10.3 Å². The molecule has 0 bridgehead atoms. The van der Waals surface area contributed by atoms with E-state index in [0.717, 1.165) is 44.4 Å². The number of nitrogens with zero attached hydrogens (tertiary/aromatic N) is 1. The van der Waals surface area contributed by atoms with E-state index in [4.69, 9.17) is 4.74 Å². The SMILES string of the molecule is O=C(Cc1ccccc1Sc1nc2ccccc2s1)OC(=O)[C@@H]1CCCN1. The summed E-state index contributed by atoms with van der Waals surface area (Å²) < 4.78 is 7.08. The average molecular weight is 399 g/mol. The normalized spacial score (nSPS) is 16.5. The van der Waals surface area contributed by atoms with Crippen molar-refractivity contribution < 1.29 is 14.3 Å². The molecule has 5 nitrogen and oxygen atoms in total. The van der Waals surface area contributed by atoms with Crippen LogP contribution in [0.25, 0.3) is 10.2 Å². The van der Waals surface area contributed by atoms with Crippen molar-refractivity contribution in [1.29, 1.82) is 0 Å². The zero-order valence-electron chi connectivity index (χ0n) is 14.5. The van der Waals surface area contributed by atoms with Crippen molar-refractivity contribution in [3.8, 4) is 0 Å². The van der Waals surface area contributed by atoms with Gasteiger partial charge in [-0.1, -0.05) is 42.1 Å². The van der Waals surface area contributed by atoms with Gasteiger partial charge >= 0.3 is 11.9 Å². The summed E-state index contributed by atoms with van der Waals surface area (Å²) in [5, 5.41) is 3.04. The van der Waals surface area contributed by atoms with Crippen LogP contribution in [0, 0.1) is 0 Å². The van der Waals surface area contributed by atoms with Gasteiger partial charge in [-0.2, -0.15) is 0 Å². The third-order valence-corrected chi connectivity index (χ3v) is 6.55. The number of benzene rings is 2. The first-order valence-electron chi connectivity index (χ1n) is 8.78. The highest BCUT2D eigenvalue weighted by atomic mass is 32.2. The summed E-state index contributed by atoms with van der Waals surface area (Å²) in [6.07, 6.45) is 1.71. The second kappa shape index (κ2) is 8.21. The van der Waals surface area contributed by atoms with Crippen molar-refractivity contribution in [2.75, 3.05) is 6.54 Å². The molecule has 0 unspecified atom stereocenters. The number of para-hydroxylation sites is 1. The lowest BCUT2D eigenvalue weighted by Gasteiger charge is -2.10. The van der Waals surface area contributed by atoms with Gasteiger partial charge in [0.05, 0.1) is 16.6 Å². The van der Waals surface area contributed by atoms with Crippen LogP contribution in [-0.2, 0) is 20.7 Å². The molecule has 1 saturated heterocycles. The van der Waals surface area contributed by atoms with Crippen LogP contribution in [0.1, 0.15) is 18.4 Å². The second-order valence-corrected chi connectivity index (χ2v) is 8.60. The molecule has 0 spiro atoms. The van der Waals surface area contributed by atoms with E-state index in [9.17, 15) is 9.59 Å². The van der Waals surface area contributed by atoms with Crippen molar-refractivity contribution in [1.82, 2.24) is 10.3 Å². The molecule has 2 aromatic carbocycles. The van der Waals surface area contributed by atoms with E-state index >= 15 is 0 Å². The quantitative estimate of drug-likeness (QED) is 0.521. The van der Waals surface area contributed by atoms with Gasteiger partial charge in [-0.15, -0.1) is 11.3 Å². The molecular weight excluding hydrogens is 380 g/mol. The number of ether oxygens (including phenoxy) is 1. The molecule has 0 amide bonds. The molecule has 2 heterocycles. The number of carbonyl (C=O) groups is 2. The minimum Gasteiger partial charge on any atom is -0.392 e. The van der Waals surface area contributed by atoms with Gasteiger partial charge in [0.15, 0.2) is 4.34 Å². The van der Waals surface area contributed by atoms with Gasteiger partial charge in [-0.05, 0) is 43.1 Å². The topological polar surface area (TPSA) is 68.3 Å². The van der Waals surface area contributed by atoms with Gasteiger partial charge < -0.3 is 10.1 Å². The molecule has 1 aliphatic heterocycles. The predicted molar refractivity (Wildman–Crippen MR) is 106 cm³/mol. The summed E-state index contributed by atoms with van der Waals surface area (Å²) in [5.41, 5.74) is 1.80. The number of rotatable bonds is 5. The molecule has 7 heteroatoms. The zero-order chi connectivity index (χ0) is 18.6. The van der Waals surface area contributed by atoms with Crippen molar-refractivity contribution in [2.24, 2.45) is 0 Å². The Balaban J connectivity index is 1.45. The smallest absolute Gasteiger partial charge is 0.330 e. The van der Waals surface area contributed by atoms with Crippen molar-refractivity contribution in [3.05, 3.63) is 54.1 Å². The van der Waals surface area contributed by atoms with Crippen LogP contribution in [0.4, 0.5) is 0 Å². The Morgan fingerprint density at radius 2 is 2.00 bits per heavy atom. The van der Waals surface area contributed by atoms with Gasteiger partial charge in [-0.25, -0.2) is 9.78 Å². The Morgan fingerprint density at radius 1 is 1.19 bits per heavy atom. The number of fused-ring (bicyclic) bond motifs is 1. The van der Waals surface area contributed by atoms with E-state index in [1.807, 2.05) is 48.5 Å². The van der Waals surface area contributed by atoms with Crippen molar-refractivity contribution in [3.63, 3.8) is 0 Å². The van der Waals surface area contributed by atoms with Gasteiger partial charge in [0, 0.05) is 4.90 Å². The average Bonchev–Trinajstić information content (AvgIpc) is 3.32. The highest BCUT2D eigenvalue weighted by Crippen LogP contribution is 2.36. The Labute approximate surface area is 165 Å². The van der Waals surface area contributed by atoms with E-state index in [0.29, 0.717) is 0 Å². The van der Waals surface area contributed by atoms with E-state index < -0.39 is 11.9 Å².